The van der Waals surface area contributed by atoms with Crippen LogP contribution in [-0.4, -0.2) is 75.6 Å². The first-order valence-electron chi connectivity index (χ1n) is 26.7. The highest BCUT2D eigenvalue weighted by molar-refractivity contribution is 7.47. The summed E-state index contributed by atoms with van der Waals surface area (Å²) in [5.41, 5.74) is 0. The monoisotopic (exact) mass is 933 g/mol. The summed E-state index contributed by atoms with van der Waals surface area (Å²) in [4.78, 5) is 23.0. The lowest BCUT2D eigenvalue weighted by Gasteiger charge is -2.24. The largest absolute Gasteiger partial charge is 0.472 e. The molecule has 2 atom stereocenters. The zero-order chi connectivity index (χ0) is 47.6. The van der Waals surface area contributed by atoms with E-state index in [9.17, 15) is 14.3 Å². The molecule has 0 amide bonds. The molecule has 0 bridgehead atoms. The van der Waals surface area contributed by atoms with Crippen molar-refractivity contribution in [2.45, 2.75) is 225 Å². The van der Waals surface area contributed by atoms with E-state index in [4.69, 9.17) is 18.5 Å². The van der Waals surface area contributed by atoms with Gasteiger partial charge in [0, 0.05) is 13.0 Å². The third kappa shape index (κ3) is 52.8. The van der Waals surface area contributed by atoms with Gasteiger partial charge in [-0.2, -0.15) is 0 Å². The molecule has 0 fully saturated rings. The van der Waals surface area contributed by atoms with Gasteiger partial charge in [-0.1, -0.05) is 196 Å². The van der Waals surface area contributed by atoms with Crippen molar-refractivity contribution in [1.82, 2.24) is 0 Å². The second kappa shape index (κ2) is 48.4. The molecule has 0 aromatic carbocycles. The number of ether oxygens (including phenoxy) is 2. The minimum Gasteiger partial charge on any atom is -0.457 e. The van der Waals surface area contributed by atoms with Crippen LogP contribution in [0.25, 0.3) is 0 Å². The number of likely N-dealkylation sites (N-methyl/N-ethyl adjacent to an activating group) is 1. The van der Waals surface area contributed by atoms with Crippen molar-refractivity contribution >= 4 is 13.8 Å². The van der Waals surface area contributed by atoms with E-state index in [1.54, 1.807) is 0 Å². The van der Waals surface area contributed by atoms with Crippen LogP contribution < -0.4 is 0 Å². The summed E-state index contributed by atoms with van der Waals surface area (Å²) in [6, 6.07) is 0. The molecule has 0 aromatic heterocycles. The minimum atomic E-state index is -4.29. The van der Waals surface area contributed by atoms with Gasteiger partial charge >= 0.3 is 13.8 Å². The van der Waals surface area contributed by atoms with Gasteiger partial charge in [-0.3, -0.25) is 13.8 Å². The molecule has 1 N–H and O–H groups in total. The number of phosphoric ester groups is 1. The molecule has 0 heterocycles. The SMILES string of the molecule is CCCCCCC/C=C\C/C=C\C/C=C\CCCCCCCCCOCC(COP(=O)(O)OCC[N+](C)(C)C)OC(=O)CCCCCCCC/C=C\C/C=C\C/C=C\CCCCCCC. The third-order valence-corrected chi connectivity index (χ3v) is 12.2. The van der Waals surface area contributed by atoms with Gasteiger partial charge in [0.2, 0.25) is 0 Å². The van der Waals surface area contributed by atoms with E-state index in [0.29, 0.717) is 24.1 Å². The lowest BCUT2D eigenvalue weighted by atomic mass is 10.1. The number of esters is 1. The Kier molecular flexibility index (Phi) is 46.9. The smallest absolute Gasteiger partial charge is 0.457 e. The lowest BCUT2D eigenvalue weighted by Crippen LogP contribution is -2.37. The van der Waals surface area contributed by atoms with Gasteiger partial charge in [0.25, 0.3) is 0 Å². The van der Waals surface area contributed by atoms with E-state index in [0.717, 1.165) is 77.0 Å². The summed E-state index contributed by atoms with van der Waals surface area (Å²) in [6.45, 7) is 5.56. The second-order valence-corrected chi connectivity index (χ2v) is 20.4. The van der Waals surface area contributed by atoms with Crippen LogP contribution in [0.2, 0.25) is 0 Å². The van der Waals surface area contributed by atoms with Gasteiger partial charge in [-0.25, -0.2) is 4.57 Å². The molecule has 0 aliphatic heterocycles. The number of carbonyl (C=O) groups excluding carboxylic acids is 1. The summed E-state index contributed by atoms with van der Waals surface area (Å²) in [5.74, 6) is -0.330. The molecule has 0 saturated carbocycles. The number of rotatable bonds is 49. The molecule has 65 heavy (non-hydrogen) atoms. The summed E-state index contributed by atoms with van der Waals surface area (Å²) in [5, 5.41) is 0. The number of allylic oxidation sites excluding steroid dienone is 12. The van der Waals surface area contributed by atoms with E-state index >= 15 is 0 Å². The fourth-order valence-corrected chi connectivity index (χ4v) is 7.84. The molecular weight excluding hydrogens is 830 g/mol. The van der Waals surface area contributed by atoms with Crippen LogP contribution in [0.4, 0.5) is 0 Å². The number of nitrogens with zero attached hydrogens (tertiary/aromatic N) is 1. The van der Waals surface area contributed by atoms with Gasteiger partial charge < -0.3 is 18.9 Å². The molecule has 2 unspecified atom stereocenters. The number of carbonyl (C=O) groups is 1. The summed E-state index contributed by atoms with van der Waals surface area (Å²) in [6.07, 6.45) is 63.7. The van der Waals surface area contributed by atoms with E-state index in [2.05, 4.69) is 86.8 Å². The van der Waals surface area contributed by atoms with Gasteiger partial charge in [0.15, 0.2) is 0 Å². The van der Waals surface area contributed by atoms with Crippen molar-refractivity contribution in [3.05, 3.63) is 72.9 Å². The normalized spacial score (nSPS) is 14.1. The van der Waals surface area contributed by atoms with Gasteiger partial charge in [-0.15, -0.1) is 0 Å². The first-order valence-corrected chi connectivity index (χ1v) is 28.2. The van der Waals surface area contributed by atoms with Crippen molar-refractivity contribution < 1.29 is 37.3 Å². The van der Waals surface area contributed by atoms with Crippen LogP contribution in [0.3, 0.4) is 0 Å². The van der Waals surface area contributed by atoms with Crippen LogP contribution in [0.1, 0.15) is 219 Å². The van der Waals surface area contributed by atoms with E-state index in [1.165, 1.54) is 122 Å². The summed E-state index contributed by atoms with van der Waals surface area (Å²) >= 11 is 0. The molecule has 0 spiro atoms. The predicted molar refractivity (Wildman–Crippen MR) is 279 cm³/mol. The second-order valence-electron chi connectivity index (χ2n) is 18.9. The fourth-order valence-electron chi connectivity index (χ4n) is 7.10. The molecule has 0 saturated heterocycles. The molecule has 0 aliphatic rings. The Balaban J connectivity index is 4.20. The van der Waals surface area contributed by atoms with E-state index in [-0.39, 0.29) is 25.8 Å². The van der Waals surface area contributed by atoms with E-state index in [1.807, 2.05) is 21.1 Å². The van der Waals surface area contributed by atoms with Gasteiger partial charge in [0.05, 0.1) is 34.4 Å². The summed E-state index contributed by atoms with van der Waals surface area (Å²) < 4.78 is 35.2. The minimum absolute atomic E-state index is 0.0802. The molecule has 378 valence electrons. The maximum Gasteiger partial charge on any atom is 0.472 e. The number of hydrogen-bond acceptors (Lipinski definition) is 6. The number of phosphoric acid groups is 1. The zero-order valence-corrected chi connectivity index (χ0v) is 43.9. The average Bonchev–Trinajstić information content (AvgIpc) is 3.27. The fraction of sp³-hybridized carbons (Fsp3) is 0.768. The predicted octanol–water partition coefficient (Wildman–Crippen LogP) is 16.6. The first-order chi connectivity index (χ1) is 31.6. The Morgan fingerprint density at radius 2 is 0.846 bits per heavy atom. The van der Waals surface area contributed by atoms with Crippen molar-refractivity contribution in [3.8, 4) is 0 Å². The number of unbranched alkanes of at least 4 members (excludes halogenated alkanes) is 23. The van der Waals surface area contributed by atoms with Gasteiger partial charge in [-0.05, 0) is 89.9 Å². The van der Waals surface area contributed by atoms with E-state index < -0.39 is 13.9 Å². The Morgan fingerprint density at radius 3 is 1.26 bits per heavy atom. The highest BCUT2D eigenvalue weighted by atomic mass is 31.2. The van der Waals surface area contributed by atoms with Crippen LogP contribution >= 0.6 is 7.82 Å². The maximum atomic E-state index is 12.8. The van der Waals surface area contributed by atoms with Gasteiger partial charge in [0.1, 0.15) is 19.3 Å². The van der Waals surface area contributed by atoms with Crippen LogP contribution in [-0.2, 0) is 27.9 Å². The lowest BCUT2D eigenvalue weighted by molar-refractivity contribution is -0.870. The molecule has 0 radical (unpaired) electrons. The van der Waals surface area contributed by atoms with Crippen molar-refractivity contribution in [3.63, 3.8) is 0 Å². The molecular formula is C56H103NO7P+. The Hall–Kier alpha value is -2.06. The molecule has 0 aromatic rings. The van der Waals surface area contributed by atoms with Crippen molar-refractivity contribution in [2.75, 3.05) is 54.1 Å². The zero-order valence-electron chi connectivity index (χ0n) is 43.0. The molecule has 8 nitrogen and oxygen atoms in total. The maximum absolute atomic E-state index is 12.8. The standard InChI is InChI=1S/C56H102NO7P/c1-6-8-10-12-14-16-18-20-22-24-26-28-30-32-34-36-38-40-42-44-46-48-51-61-53-55(54-63-65(59,60)62-52-50-57(3,4)5)64-56(58)49-47-45-43-41-39-37-35-33-31-29-27-25-23-21-19-17-15-13-11-9-7-2/h18-21,24-27,30-33,55H,6-17,22-23,28-29,34-54H2,1-5H3/p+1/b20-18-,21-19-,26-24-,27-25-,32-30-,33-31-. The molecule has 0 rings (SSSR count). The Morgan fingerprint density at radius 1 is 0.477 bits per heavy atom. The Bertz CT molecular complexity index is 1270. The average molecular weight is 933 g/mol. The summed E-state index contributed by atoms with van der Waals surface area (Å²) in [7, 11) is 1.64. The van der Waals surface area contributed by atoms with Crippen LogP contribution in [0, 0.1) is 0 Å². The molecule has 0 aliphatic carbocycles. The third-order valence-electron chi connectivity index (χ3n) is 11.2. The van der Waals surface area contributed by atoms with Crippen LogP contribution in [0.15, 0.2) is 72.9 Å². The topological polar surface area (TPSA) is 91.3 Å². The van der Waals surface area contributed by atoms with Crippen molar-refractivity contribution in [2.24, 2.45) is 0 Å². The highest BCUT2D eigenvalue weighted by Gasteiger charge is 2.26. The van der Waals surface area contributed by atoms with Crippen LogP contribution in [0.5, 0.6) is 0 Å². The van der Waals surface area contributed by atoms with Crippen molar-refractivity contribution in [1.29, 1.82) is 0 Å². The number of quaternary nitrogens is 1. The first kappa shape index (κ1) is 62.9. The highest BCUT2D eigenvalue weighted by Crippen LogP contribution is 2.43. The Labute approximate surface area is 402 Å². The molecule has 9 heteroatoms. The quantitative estimate of drug-likeness (QED) is 0.0214. The number of hydrogen-bond donors (Lipinski definition) is 1.